The van der Waals surface area contributed by atoms with Gasteiger partial charge in [-0.3, -0.25) is 9.59 Å². The van der Waals surface area contributed by atoms with Crippen molar-refractivity contribution in [2.45, 2.75) is 19.9 Å². The molecule has 0 bridgehead atoms. The third-order valence-corrected chi connectivity index (χ3v) is 3.45. The summed E-state index contributed by atoms with van der Waals surface area (Å²) in [5, 5.41) is 5.74. The summed E-state index contributed by atoms with van der Waals surface area (Å²) < 4.78 is 13.4. The molecular weight excluding hydrogens is 319 g/mol. The van der Waals surface area contributed by atoms with Crippen LogP contribution >= 0.6 is 11.6 Å². The highest BCUT2D eigenvalue weighted by molar-refractivity contribution is 6.30. The molecule has 0 aromatic heterocycles. The van der Waals surface area contributed by atoms with E-state index in [-0.39, 0.29) is 13.0 Å². The van der Waals surface area contributed by atoms with Crippen LogP contribution < -0.4 is 10.6 Å². The van der Waals surface area contributed by atoms with Crippen LogP contribution in [0, 0.1) is 12.7 Å². The van der Waals surface area contributed by atoms with Crippen LogP contribution in [0.4, 0.5) is 10.1 Å². The number of nitrogens with one attached hydrogen (secondary N) is 2. The number of hydrogen-bond donors (Lipinski definition) is 2. The Bertz CT molecular complexity index is 734. The van der Waals surface area contributed by atoms with Crippen LogP contribution in [0.5, 0.6) is 0 Å². The lowest BCUT2D eigenvalue weighted by Crippen LogP contribution is -2.28. The van der Waals surface area contributed by atoms with Crippen LogP contribution in [0.3, 0.4) is 0 Å². The number of amides is 2. The molecule has 2 rings (SSSR count). The van der Waals surface area contributed by atoms with E-state index in [9.17, 15) is 14.0 Å². The van der Waals surface area contributed by atoms with Crippen LogP contribution in [0.2, 0.25) is 5.02 Å². The van der Waals surface area contributed by atoms with Crippen LogP contribution in [-0.2, 0) is 16.1 Å². The minimum Gasteiger partial charge on any atom is -0.351 e. The van der Waals surface area contributed by atoms with Gasteiger partial charge in [0.05, 0.1) is 0 Å². The fourth-order valence-electron chi connectivity index (χ4n) is 2.01. The topological polar surface area (TPSA) is 58.2 Å². The molecule has 0 fully saturated rings. The summed E-state index contributed by atoms with van der Waals surface area (Å²) >= 11 is 5.84. The monoisotopic (exact) mass is 334 g/mol. The number of benzene rings is 2. The van der Waals surface area contributed by atoms with Gasteiger partial charge in [0.2, 0.25) is 11.8 Å². The quantitative estimate of drug-likeness (QED) is 0.823. The van der Waals surface area contributed by atoms with Crippen LogP contribution in [0.1, 0.15) is 17.5 Å². The molecule has 0 saturated heterocycles. The molecule has 120 valence electrons. The Hall–Kier alpha value is -2.40. The van der Waals surface area contributed by atoms with Gasteiger partial charge in [0.1, 0.15) is 12.2 Å². The van der Waals surface area contributed by atoms with E-state index in [1.165, 1.54) is 6.07 Å². The molecule has 2 N–H and O–H groups in total. The van der Waals surface area contributed by atoms with Crippen LogP contribution in [-0.4, -0.2) is 11.8 Å². The lowest BCUT2D eigenvalue weighted by Gasteiger charge is -2.09. The van der Waals surface area contributed by atoms with Crippen molar-refractivity contribution in [3.05, 3.63) is 64.4 Å². The molecule has 0 saturated carbocycles. The molecule has 0 spiro atoms. The molecule has 2 aromatic rings. The van der Waals surface area contributed by atoms with E-state index < -0.39 is 17.6 Å². The van der Waals surface area contributed by atoms with Crippen LogP contribution in [0.25, 0.3) is 0 Å². The number of hydrogen-bond acceptors (Lipinski definition) is 2. The lowest BCUT2D eigenvalue weighted by molar-refractivity contribution is -0.126. The number of rotatable bonds is 5. The second-order valence-electron chi connectivity index (χ2n) is 5.05. The summed E-state index contributed by atoms with van der Waals surface area (Å²) in [7, 11) is 0. The summed E-state index contributed by atoms with van der Waals surface area (Å²) in [6.45, 7) is 1.85. The first-order chi connectivity index (χ1) is 11.0. The fraction of sp³-hybridized carbons (Fsp3) is 0.176. The maximum atomic E-state index is 13.4. The Labute approximate surface area is 138 Å². The molecule has 0 aliphatic carbocycles. The third kappa shape index (κ3) is 5.07. The van der Waals surface area contributed by atoms with Gasteiger partial charge in [0.25, 0.3) is 0 Å². The number of carbonyl (C=O) groups is 2. The van der Waals surface area contributed by atoms with Crippen molar-refractivity contribution >= 4 is 29.1 Å². The average molecular weight is 335 g/mol. The molecular formula is C17H16ClFN2O2. The fourth-order valence-corrected chi connectivity index (χ4v) is 2.23. The van der Waals surface area contributed by atoms with Gasteiger partial charge in [0.15, 0.2) is 0 Å². The van der Waals surface area contributed by atoms with Gasteiger partial charge in [-0.05, 0) is 36.8 Å². The third-order valence-electron chi connectivity index (χ3n) is 3.22. The highest BCUT2D eigenvalue weighted by Gasteiger charge is 2.11. The molecule has 0 unspecified atom stereocenters. The Balaban J connectivity index is 1.85. The standard InChI is InChI=1S/C17H16ClFN2O2/c1-11-8-13(18)6-7-15(11)21-17(23)9-16(22)20-10-12-4-2-3-5-14(12)19/h2-8H,9-10H2,1H3,(H,20,22)(H,21,23). The first-order valence-electron chi connectivity index (χ1n) is 7.02. The highest BCUT2D eigenvalue weighted by atomic mass is 35.5. The first kappa shape index (κ1) is 17.0. The van der Waals surface area contributed by atoms with E-state index >= 15 is 0 Å². The van der Waals surface area contributed by atoms with Gasteiger partial charge in [-0.2, -0.15) is 0 Å². The lowest BCUT2D eigenvalue weighted by atomic mass is 10.2. The van der Waals surface area contributed by atoms with E-state index in [0.717, 1.165) is 5.56 Å². The Morgan fingerprint density at radius 3 is 2.57 bits per heavy atom. The molecule has 6 heteroatoms. The van der Waals surface area contributed by atoms with Crippen molar-refractivity contribution in [1.29, 1.82) is 0 Å². The molecule has 4 nitrogen and oxygen atoms in total. The van der Waals surface area contributed by atoms with Gasteiger partial charge < -0.3 is 10.6 Å². The molecule has 0 atom stereocenters. The first-order valence-corrected chi connectivity index (χ1v) is 7.39. The summed E-state index contributed by atoms with van der Waals surface area (Å²) in [5.41, 5.74) is 1.77. The van der Waals surface area contributed by atoms with E-state index in [2.05, 4.69) is 10.6 Å². The van der Waals surface area contributed by atoms with E-state index in [0.29, 0.717) is 16.3 Å². The zero-order chi connectivity index (χ0) is 16.8. The SMILES string of the molecule is Cc1cc(Cl)ccc1NC(=O)CC(=O)NCc1ccccc1F. The van der Waals surface area contributed by atoms with Crippen molar-refractivity contribution < 1.29 is 14.0 Å². The van der Waals surface area contributed by atoms with E-state index in [1.807, 2.05) is 0 Å². The Kier molecular flexibility index (Phi) is 5.71. The van der Waals surface area contributed by atoms with Gasteiger partial charge in [-0.15, -0.1) is 0 Å². The summed E-state index contributed by atoms with van der Waals surface area (Å²) in [6, 6.07) is 11.2. The number of aryl methyl sites for hydroxylation is 1. The maximum absolute atomic E-state index is 13.4. The van der Waals surface area contributed by atoms with Gasteiger partial charge >= 0.3 is 0 Å². The number of anilines is 1. The Morgan fingerprint density at radius 2 is 1.87 bits per heavy atom. The normalized spacial score (nSPS) is 10.2. The maximum Gasteiger partial charge on any atom is 0.233 e. The highest BCUT2D eigenvalue weighted by Crippen LogP contribution is 2.19. The second-order valence-corrected chi connectivity index (χ2v) is 5.49. The second kappa shape index (κ2) is 7.74. The van der Waals surface area contributed by atoms with Crippen molar-refractivity contribution in [3.8, 4) is 0 Å². The molecule has 0 heterocycles. The van der Waals surface area contributed by atoms with Crippen molar-refractivity contribution in [2.24, 2.45) is 0 Å². The van der Waals surface area contributed by atoms with E-state index in [1.54, 1.807) is 43.3 Å². The minimum absolute atomic E-state index is 0.0404. The van der Waals surface area contributed by atoms with Crippen molar-refractivity contribution in [2.75, 3.05) is 5.32 Å². The predicted molar refractivity (Wildman–Crippen MR) is 87.7 cm³/mol. The predicted octanol–water partition coefficient (Wildman–Crippen LogP) is 3.43. The average Bonchev–Trinajstić information content (AvgIpc) is 2.49. The summed E-state index contributed by atoms with van der Waals surface area (Å²) in [5.74, 6) is -1.31. The van der Waals surface area contributed by atoms with Crippen molar-refractivity contribution in [1.82, 2.24) is 5.32 Å². The smallest absolute Gasteiger partial charge is 0.233 e. The van der Waals surface area contributed by atoms with Gasteiger partial charge in [-0.1, -0.05) is 29.8 Å². The minimum atomic E-state index is -0.475. The summed E-state index contributed by atoms with van der Waals surface area (Å²) in [6.07, 6.45) is -0.337. The van der Waals surface area contributed by atoms with Crippen LogP contribution in [0.15, 0.2) is 42.5 Å². The number of carbonyl (C=O) groups excluding carboxylic acids is 2. The molecule has 2 aromatic carbocycles. The Morgan fingerprint density at radius 1 is 1.13 bits per heavy atom. The van der Waals surface area contributed by atoms with Gasteiger partial charge in [-0.25, -0.2) is 4.39 Å². The zero-order valence-corrected chi connectivity index (χ0v) is 13.3. The number of halogens is 2. The molecule has 0 radical (unpaired) electrons. The molecule has 0 aliphatic heterocycles. The van der Waals surface area contributed by atoms with Gasteiger partial charge in [0, 0.05) is 22.8 Å². The zero-order valence-electron chi connectivity index (χ0n) is 12.5. The molecule has 2 amide bonds. The molecule has 0 aliphatic rings. The van der Waals surface area contributed by atoms with Crippen molar-refractivity contribution in [3.63, 3.8) is 0 Å². The molecule has 23 heavy (non-hydrogen) atoms. The summed E-state index contributed by atoms with van der Waals surface area (Å²) in [4.78, 5) is 23.6. The van der Waals surface area contributed by atoms with E-state index in [4.69, 9.17) is 11.6 Å². The largest absolute Gasteiger partial charge is 0.351 e.